The zero-order valence-corrected chi connectivity index (χ0v) is 30.2. The summed E-state index contributed by atoms with van der Waals surface area (Å²) in [5.74, 6) is 0. The second-order valence-corrected chi connectivity index (χ2v) is 14.1. The van der Waals surface area contributed by atoms with Crippen LogP contribution in [0.25, 0.3) is 110 Å². The van der Waals surface area contributed by atoms with E-state index >= 15 is 0 Å². The zero-order chi connectivity index (χ0) is 46.2. The predicted octanol–water partition coefficient (Wildman–Crippen LogP) is 14.8. The van der Waals surface area contributed by atoms with Gasteiger partial charge in [0.15, 0.2) is 0 Å². The van der Waals surface area contributed by atoms with E-state index in [0.717, 1.165) is 76.9 Å². The van der Waals surface area contributed by atoms with Crippen LogP contribution in [0.5, 0.6) is 0 Å². The van der Waals surface area contributed by atoms with Crippen LogP contribution < -0.4 is 0 Å². The first-order valence-corrected chi connectivity index (χ1v) is 18.7. The van der Waals surface area contributed by atoms with E-state index < -0.39 is 60.4 Å². The summed E-state index contributed by atoms with van der Waals surface area (Å²) in [6.07, 6.45) is 0. The Morgan fingerprint density at radius 1 is 0.351 bits per heavy atom. The summed E-state index contributed by atoms with van der Waals surface area (Å²) in [5.41, 5.74) is 8.26. The van der Waals surface area contributed by atoms with Crippen molar-refractivity contribution in [3.05, 3.63) is 206 Å². The van der Waals surface area contributed by atoms with Gasteiger partial charge < -0.3 is 13.6 Å². The van der Waals surface area contributed by atoms with Crippen molar-refractivity contribution in [3.8, 4) is 44.8 Å². The summed E-state index contributed by atoms with van der Waals surface area (Å²) in [7, 11) is 0. The number of fused-ring (bicyclic) bond motifs is 9. The lowest BCUT2D eigenvalue weighted by atomic mass is 9.87. The van der Waals surface area contributed by atoms with Crippen molar-refractivity contribution >= 4 is 65.6 Å². The highest BCUT2D eigenvalue weighted by Crippen LogP contribution is 2.44. The number of benzene rings is 9. The van der Waals surface area contributed by atoms with Crippen LogP contribution in [0.4, 0.5) is 0 Å². The normalized spacial score (nSPS) is 14.3. The highest BCUT2D eigenvalue weighted by Gasteiger charge is 2.20. The van der Waals surface area contributed by atoms with Gasteiger partial charge in [-0.15, -0.1) is 0 Å². The average Bonchev–Trinajstić information content (AvgIpc) is 4.01. The molecule has 0 saturated heterocycles. The molecule has 3 heteroatoms. The molecule has 3 nitrogen and oxygen atoms in total. The van der Waals surface area contributed by atoms with Gasteiger partial charge in [0, 0.05) is 43.7 Å². The fourth-order valence-corrected chi connectivity index (χ4v) is 8.68. The molecule has 0 fully saturated rings. The second kappa shape index (κ2) is 12.5. The third kappa shape index (κ3) is 4.86. The van der Waals surface area contributed by atoms with Crippen LogP contribution in [-0.4, -0.2) is 9.13 Å². The molecule has 12 aromatic rings. The zero-order valence-electron chi connectivity index (χ0n) is 40.2. The van der Waals surface area contributed by atoms with Crippen molar-refractivity contribution in [3.63, 3.8) is 0 Å². The topological polar surface area (TPSA) is 23.0 Å². The lowest BCUT2D eigenvalue weighted by molar-refractivity contribution is 0.669. The number of rotatable bonds is 5. The van der Waals surface area contributed by atoms with E-state index in [2.05, 4.69) is 57.7 Å². The maximum absolute atomic E-state index is 9.08. The van der Waals surface area contributed by atoms with Crippen molar-refractivity contribution in [1.29, 1.82) is 0 Å². The van der Waals surface area contributed by atoms with Gasteiger partial charge in [0.1, 0.15) is 11.2 Å². The monoisotopic (exact) mass is 736 g/mol. The van der Waals surface area contributed by atoms with E-state index in [-0.39, 0.29) is 22.3 Å². The minimum Gasteiger partial charge on any atom is -0.456 e. The van der Waals surface area contributed by atoms with Gasteiger partial charge in [-0.2, -0.15) is 0 Å². The van der Waals surface area contributed by atoms with E-state index in [1.54, 1.807) is 18.2 Å². The Kier molecular flexibility index (Phi) is 5.10. The fraction of sp³-hybridized carbons (Fsp3) is 0. The Labute approximate surface area is 342 Å². The first-order chi connectivity index (χ1) is 32.4. The number of furan rings is 1. The largest absolute Gasteiger partial charge is 0.456 e. The van der Waals surface area contributed by atoms with Crippen molar-refractivity contribution < 1.29 is 18.1 Å². The summed E-state index contributed by atoms with van der Waals surface area (Å²) in [4.78, 5) is 0. The van der Waals surface area contributed by atoms with Crippen molar-refractivity contribution in [2.45, 2.75) is 0 Å². The molecule has 0 bridgehead atoms. The molecule has 0 N–H and O–H groups in total. The van der Waals surface area contributed by atoms with E-state index in [0.29, 0.717) is 11.1 Å². The Hall–Kier alpha value is -7.62. The van der Waals surface area contributed by atoms with Crippen LogP contribution in [-0.2, 0) is 0 Å². The summed E-state index contributed by atoms with van der Waals surface area (Å²) < 4.78 is 98.3. The van der Waals surface area contributed by atoms with Crippen LogP contribution in [0.2, 0.25) is 0 Å². The average molecular weight is 737 g/mol. The maximum atomic E-state index is 9.08. The molecule has 0 unspecified atom stereocenters. The van der Waals surface area contributed by atoms with Gasteiger partial charge in [-0.05, 0) is 94.0 Å². The molecular formula is C54H34N2O. The first-order valence-electron chi connectivity index (χ1n) is 23.7. The minimum absolute atomic E-state index is 0.0797. The Morgan fingerprint density at radius 2 is 0.877 bits per heavy atom. The lowest BCUT2D eigenvalue weighted by Gasteiger charge is -2.17. The van der Waals surface area contributed by atoms with Crippen LogP contribution in [0.15, 0.2) is 210 Å². The smallest absolute Gasteiger partial charge is 0.135 e. The molecule has 12 rings (SSSR count). The van der Waals surface area contributed by atoms with Gasteiger partial charge in [-0.1, -0.05) is 145 Å². The van der Waals surface area contributed by atoms with Crippen LogP contribution in [0.1, 0.15) is 13.7 Å². The minimum atomic E-state index is -0.546. The molecule has 57 heavy (non-hydrogen) atoms. The SMILES string of the molecule is [2H]c1c([2H])c([2H])c(-c2cccc(-c3c([2H])c([2H])c([2H])c([2H])c3[2H])c2-c2ccc3c4cc(-n5c6ccccc6c6ccccc65)ccc4n(-c4ccc5oc6ccccc6c5c4)c3c2)c([2H])c1[2H]. The van der Waals surface area contributed by atoms with Gasteiger partial charge in [-0.3, -0.25) is 0 Å². The number of para-hydroxylation sites is 3. The van der Waals surface area contributed by atoms with Gasteiger partial charge >= 0.3 is 0 Å². The molecule has 0 radical (unpaired) electrons. The number of aromatic nitrogens is 2. The Bertz CT molecular complexity index is 3930. The third-order valence-corrected chi connectivity index (χ3v) is 11.1. The van der Waals surface area contributed by atoms with Crippen molar-refractivity contribution in [1.82, 2.24) is 9.13 Å². The molecule has 0 aliphatic heterocycles. The van der Waals surface area contributed by atoms with Gasteiger partial charge in [0.25, 0.3) is 0 Å². The Balaban J connectivity index is 1.20. The molecule has 0 atom stereocenters. The molecule has 0 aliphatic rings. The summed E-state index contributed by atoms with van der Waals surface area (Å²) >= 11 is 0. The molecule has 3 heterocycles. The molecule has 0 saturated carbocycles. The number of hydrogen-bond acceptors (Lipinski definition) is 1. The molecule has 3 aromatic heterocycles. The highest BCUT2D eigenvalue weighted by molar-refractivity contribution is 6.14. The molecular weight excluding hydrogens is 693 g/mol. The Morgan fingerprint density at radius 3 is 1.56 bits per heavy atom. The molecule has 9 aromatic carbocycles. The van der Waals surface area contributed by atoms with E-state index in [1.807, 2.05) is 78.9 Å². The molecule has 266 valence electrons. The standard InChI is InChI=1S/C54H34N2O/c1-3-14-35(15-4-1)40-21-13-22-41(36-16-5-2-6-17-36)54(40)37-26-29-44-46-33-38(55-48-23-10-7-18-42(48)43-19-8-11-24-49(43)55)27-30-50(46)56(51(44)32-37)39-28-31-53-47(34-39)45-20-9-12-25-52(45)57-53/h1-34H/i1D,2D,3D,4D,5D,6D,14D,15D,16D,17D. The fourth-order valence-electron chi connectivity index (χ4n) is 8.68. The second-order valence-electron chi connectivity index (χ2n) is 14.1. The summed E-state index contributed by atoms with van der Waals surface area (Å²) in [6.45, 7) is 0. The van der Waals surface area contributed by atoms with E-state index in [9.17, 15) is 0 Å². The summed E-state index contributed by atoms with van der Waals surface area (Å²) in [6, 6.07) is 43.0. The van der Waals surface area contributed by atoms with Crippen molar-refractivity contribution in [2.75, 3.05) is 0 Å². The molecule has 0 spiro atoms. The number of nitrogens with zero attached hydrogens (tertiary/aromatic N) is 2. The van der Waals surface area contributed by atoms with Gasteiger partial charge in [0.2, 0.25) is 0 Å². The van der Waals surface area contributed by atoms with E-state index in [4.69, 9.17) is 18.1 Å². The van der Waals surface area contributed by atoms with Crippen LogP contribution >= 0.6 is 0 Å². The maximum Gasteiger partial charge on any atom is 0.135 e. The molecule has 0 amide bonds. The predicted molar refractivity (Wildman–Crippen MR) is 239 cm³/mol. The van der Waals surface area contributed by atoms with Gasteiger partial charge in [-0.25, -0.2) is 0 Å². The molecule has 0 aliphatic carbocycles. The van der Waals surface area contributed by atoms with Crippen LogP contribution in [0.3, 0.4) is 0 Å². The quantitative estimate of drug-likeness (QED) is 0.173. The highest BCUT2D eigenvalue weighted by atomic mass is 16.3. The summed E-state index contributed by atoms with van der Waals surface area (Å²) in [5, 5.41) is 6.00. The van der Waals surface area contributed by atoms with Gasteiger partial charge in [0.05, 0.1) is 35.8 Å². The van der Waals surface area contributed by atoms with Crippen molar-refractivity contribution in [2.24, 2.45) is 0 Å². The third-order valence-electron chi connectivity index (χ3n) is 11.1. The van der Waals surface area contributed by atoms with E-state index in [1.165, 1.54) is 0 Å². The van der Waals surface area contributed by atoms with Crippen LogP contribution in [0, 0.1) is 0 Å². The number of hydrogen-bond donors (Lipinski definition) is 0. The lowest BCUT2D eigenvalue weighted by Crippen LogP contribution is -1.96. The first kappa shape index (κ1) is 23.3.